The summed E-state index contributed by atoms with van der Waals surface area (Å²) in [4.78, 5) is 30.6. The molecule has 27 heavy (non-hydrogen) atoms. The molecule has 0 spiro atoms. The molecule has 1 fully saturated rings. The standard InChI is InChI=1S/C21H23BrN2O2S/c22-17-5-3-15(4-6-17)18-2-1-11-24(18)21(26)8-7-20(25)23-12-9-19-16(14-23)10-13-27-19/h3-6,10,13,18H,1-2,7-9,11-12,14H2. The van der Waals surface area contributed by atoms with Crippen molar-refractivity contribution in [1.82, 2.24) is 9.80 Å². The van der Waals surface area contributed by atoms with Crippen molar-refractivity contribution in [2.24, 2.45) is 0 Å². The van der Waals surface area contributed by atoms with Crippen LogP contribution in [0.2, 0.25) is 0 Å². The number of nitrogens with zero attached hydrogens (tertiary/aromatic N) is 2. The maximum absolute atomic E-state index is 12.8. The molecule has 2 aromatic rings. The summed E-state index contributed by atoms with van der Waals surface area (Å²) < 4.78 is 1.04. The van der Waals surface area contributed by atoms with Crippen LogP contribution in [-0.2, 0) is 22.6 Å². The number of likely N-dealkylation sites (tertiary alicyclic amines) is 1. The highest BCUT2D eigenvalue weighted by Gasteiger charge is 2.30. The van der Waals surface area contributed by atoms with Crippen LogP contribution in [0, 0.1) is 0 Å². The summed E-state index contributed by atoms with van der Waals surface area (Å²) in [6.07, 6.45) is 3.56. The van der Waals surface area contributed by atoms with Crippen molar-refractivity contribution in [3.63, 3.8) is 0 Å². The number of benzene rings is 1. The minimum absolute atomic E-state index is 0.0968. The van der Waals surface area contributed by atoms with E-state index in [2.05, 4.69) is 39.5 Å². The fourth-order valence-electron chi connectivity index (χ4n) is 4.07. The van der Waals surface area contributed by atoms with E-state index in [-0.39, 0.29) is 17.9 Å². The van der Waals surface area contributed by atoms with Gasteiger partial charge in [0.1, 0.15) is 0 Å². The number of carbonyl (C=O) groups is 2. The topological polar surface area (TPSA) is 40.6 Å². The molecule has 6 heteroatoms. The van der Waals surface area contributed by atoms with Crippen molar-refractivity contribution in [3.05, 3.63) is 56.2 Å². The van der Waals surface area contributed by atoms with E-state index in [1.165, 1.54) is 16.0 Å². The van der Waals surface area contributed by atoms with Gasteiger partial charge in [-0.25, -0.2) is 0 Å². The molecule has 1 atom stereocenters. The molecule has 4 rings (SSSR count). The van der Waals surface area contributed by atoms with E-state index in [0.29, 0.717) is 19.4 Å². The van der Waals surface area contributed by atoms with Crippen LogP contribution in [0.4, 0.5) is 0 Å². The number of halogens is 1. The first-order chi connectivity index (χ1) is 13.1. The van der Waals surface area contributed by atoms with Crippen molar-refractivity contribution in [1.29, 1.82) is 0 Å². The third-order valence-corrected chi connectivity index (χ3v) is 7.09. The monoisotopic (exact) mass is 446 g/mol. The first-order valence-corrected chi connectivity index (χ1v) is 11.2. The number of fused-ring (bicyclic) bond motifs is 1. The molecule has 0 bridgehead atoms. The molecule has 0 saturated carbocycles. The Hall–Kier alpha value is -1.66. The lowest BCUT2D eigenvalue weighted by Gasteiger charge is -2.28. The number of thiophene rings is 1. The maximum atomic E-state index is 12.8. The number of rotatable bonds is 4. The summed E-state index contributed by atoms with van der Waals surface area (Å²) in [7, 11) is 0. The minimum atomic E-state index is 0.0968. The summed E-state index contributed by atoms with van der Waals surface area (Å²) >= 11 is 5.23. The Morgan fingerprint density at radius 2 is 1.85 bits per heavy atom. The van der Waals surface area contributed by atoms with Crippen LogP contribution in [0.5, 0.6) is 0 Å². The Morgan fingerprint density at radius 1 is 1.07 bits per heavy atom. The van der Waals surface area contributed by atoms with E-state index >= 15 is 0 Å². The summed E-state index contributed by atoms with van der Waals surface area (Å²) in [5.74, 6) is 0.196. The highest BCUT2D eigenvalue weighted by Crippen LogP contribution is 2.33. The highest BCUT2D eigenvalue weighted by molar-refractivity contribution is 9.10. The first-order valence-electron chi connectivity index (χ1n) is 9.50. The quantitative estimate of drug-likeness (QED) is 0.691. The molecule has 3 heterocycles. The van der Waals surface area contributed by atoms with Crippen molar-refractivity contribution in [2.75, 3.05) is 13.1 Å². The van der Waals surface area contributed by atoms with E-state index in [1.807, 2.05) is 21.9 Å². The fraction of sp³-hybridized carbons (Fsp3) is 0.429. The van der Waals surface area contributed by atoms with E-state index in [0.717, 1.165) is 36.8 Å². The average molecular weight is 447 g/mol. The van der Waals surface area contributed by atoms with Crippen LogP contribution in [0.25, 0.3) is 0 Å². The Morgan fingerprint density at radius 3 is 2.67 bits per heavy atom. The molecule has 0 aliphatic carbocycles. The van der Waals surface area contributed by atoms with Gasteiger partial charge in [0, 0.05) is 41.8 Å². The second-order valence-electron chi connectivity index (χ2n) is 7.23. The molecule has 1 aromatic carbocycles. The van der Waals surface area contributed by atoms with Gasteiger partial charge in [0.05, 0.1) is 6.04 Å². The molecule has 4 nitrogen and oxygen atoms in total. The second-order valence-corrected chi connectivity index (χ2v) is 9.15. The smallest absolute Gasteiger partial charge is 0.223 e. The number of hydrogen-bond acceptors (Lipinski definition) is 3. The summed E-state index contributed by atoms with van der Waals surface area (Å²) in [5, 5.41) is 2.10. The lowest BCUT2D eigenvalue weighted by molar-refractivity contribution is -0.138. The van der Waals surface area contributed by atoms with Crippen molar-refractivity contribution in [2.45, 2.75) is 44.7 Å². The fourth-order valence-corrected chi connectivity index (χ4v) is 5.23. The molecule has 0 N–H and O–H groups in total. The predicted octanol–water partition coefficient (Wildman–Crippen LogP) is 4.54. The highest BCUT2D eigenvalue weighted by atomic mass is 79.9. The first kappa shape index (κ1) is 18.7. The van der Waals surface area contributed by atoms with Gasteiger partial charge in [0.25, 0.3) is 0 Å². The summed E-state index contributed by atoms with van der Waals surface area (Å²) in [5.41, 5.74) is 2.44. The van der Waals surface area contributed by atoms with E-state index < -0.39 is 0 Å². The molecule has 2 amide bonds. The predicted molar refractivity (Wildman–Crippen MR) is 111 cm³/mol. The van der Waals surface area contributed by atoms with Crippen LogP contribution >= 0.6 is 27.3 Å². The third kappa shape index (κ3) is 4.11. The molecular weight excluding hydrogens is 424 g/mol. The Bertz CT molecular complexity index is 833. The van der Waals surface area contributed by atoms with Gasteiger partial charge in [-0.3, -0.25) is 9.59 Å². The van der Waals surface area contributed by atoms with Gasteiger partial charge >= 0.3 is 0 Å². The molecule has 1 unspecified atom stereocenters. The second kappa shape index (κ2) is 8.15. The van der Waals surface area contributed by atoms with E-state index in [9.17, 15) is 9.59 Å². The molecule has 0 radical (unpaired) electrons. The Balaban J connectivity index is 1.33. The summed E-state index contributed by atoms with van der Waals surface area (Å²) in [6.45, 7) is 2.25. The maximum Gasteiger partial charge on any atom is 0.223 e. The average Bonchev–Trinajstić information content (AvgIpc) is 3.35. The number of carbonyl (C=O) groups excluding carboxylic acids is 2. The van der Waals surface area contributed by atoms with Crippen LogP contribution < -0.4 is 0 Å². The van der Waals surface area contributed by atoms with Gasteiger partial charge in [0.2, 0.25) is 11.8 Å². The molecular formula is C21H23BrN2O2S. The zero-order valence-electron chi connectivity index (χ0n) is 15.2. The van der Waals surface area contributed by atoms with Gasteiger partial charge in [-0.1, -0.05) is 28.1 Å². The Labute approximate surface area is 172 Å². The zero-order valence-corrected chi connectivity index (χ0v) is 17.6. The zero-order chi connectivity index (χ0) is 18.8. The Kier molecular flexibility index (Phi) is 5.64. The van der Waals surface area contributed by atoms with Gasteiger partial charge in [-0.05, 0) is 54.0 Å². The lowest BCUT2D eigenvalue weighted by atomic mass is 10.0. The molecule has 2 aliphatic heterocycles. The minimum Gasteiger partial charge on any atom is -0.338 e. The summed E-state index contributed by atoms with van der Waals surface area (Å²) in [6, 6.07) is 10.5. The molecule has 1 aromatic heterocycles. The SMILES string of the molecule is O=C(CCC(=O)N1CCCC1c1ccc(Br)cc1)N1CCc2sccc2C1. The largest absolute Gasteiger partial charge is 0.338 e. The lowest BCUT2D eigenvalue weighted by Crippen LogP contribution is -2.36. The van der Waals surface area contributed by atoms with Crippen molar-refractivity contribution >= 4 is 39.1 Å². The normalized spacial score (nSPS) is 19.2. The van der Waals surface area contributed by atoms with Crippen LogP contribution in [0.3, 0.4) is 0 Å². The van der Waals surface area contributed by atoms with Gasteiger partial charge in [-0.2, -0.15) is 0 Å². The van der Waals surface area contributed by atoms with E-state index in [1.54, 1.807) is 11.3 Å². The van der Waals surface area contributed by atoms with E-state index in [4.69, 9.17) is 0 Å². The van der Waals surface area contributed by atoms with Gasteiger partial charge in [-0.15, -0.1) is 11.3 Å². The molecule has 1 saturated heterocycles. The third-order valence-electron chi connectivity index (χ3n) is 5.54. The van der Waals surface area contributed by atoms with Crippen LogP contribution in [0.15, 0.2) is 40.2 Å². The van der Waals surface area contributed by atoms with Crippen molar-refractivity contribution < 1.29 is 9.59 Å². The molecule has 142 valence electrons. The number of amides is 2. The van der Waals surface area contributed by atoms with Gasteiger partial charge in [0.15, 0.2) is 0 Å². The van der Waals surface area contributed by atoms with Gasteiger partial charge < -0.3 is 9.80 Å². The van der Waals surface area contributed by atoms with Crippen LogP contribution in [0.1, 0.15) is 47.7 Å². The van der Waals surface area contributed by atoms with Crippen molar-refractivity contribution in [3.8, 4) is 0 Å². The molecule has 2 aliphatic rings. The van der Waals surface area contributed by atoms with Crippen LogP contribution in [-0.4, -0.2) is 34.7 Å². The number of hydrogen-bond donors (Lipinski definition) is 0.